The average molecular weight is 281 g/mol. The number of hydrogen-bond acceptors (Lipinski definition) is 6. The summed E-state index contributed by atoms with van der Waals surface area (Å²) in [6, 6.07) is 0. The third-order valence-electron chi connectivity index (χ3n) is 2.49. The van der Waals surface area contributed by atoms with Crippen molar-refractivity contribution in [1.29, 1.82) is 0 Å². The van der Waals surface area contributed by atoms with Crippen LogP contribution < -0.4 is 0 Å². The lowest BCUT2D eigenvalue weighted by atomic mass is 10.3. The van der Waals surface area contributed by atoms with Crippen molar-refractivity contribution in [2.24, 2.45) is 0 Å². The summed E-state index contributed by atoms with van der Waals surface area (Å²) >= 11 is 0. The number of morpholine rings is 1. The van der Waals surface area contributed by atoms with Crippen molar-refractivity contribution in [2.45, 2.75) is 12.5 Å². The van der Waals surface area contributed by atoms with E-state index in [1.54, 1.807) is 0 Å². The number of carboxylic acid groups (broad SMARTS) is 1. The van der Waals surface area contributed by atoms with Crippen molar-refractivity contribution in [3.63, 3.8) is 0 Å². The summed E-state index contributed by atoms with van der Waals surface area (Å²) in [4.78, 5) is 21.6. The van der Waals surface area contributed by atoms with E-state index in [4.69, 9.17) is 9.84 Å². The standard InChI is InChI=1S/C9H15NO7S/c1-16-8(11)2-5-18(14,15)10-3-4-17-7(6-10)9(12)13/h7H,2-6H2,1H3,(H,12,13). The molecule has 1 fully saturated rings. The van der Waals surface area contributed by atoms with Crippen LogP contribution in [0.5, 0.6) is 0 Å². The highest BCUT2D eigenvalue weighted by Crippen LogP contribution is 2.11. The van der Waals surface area contributed by atoms with Crippen LogP contribution in [0.25, 0.3) is 0 Å². The second-order valence-electron chi connectivity index (χ2n) is 3.70. The summed E-state index contributed by atoms with van der Waals surface area (Å²) < 4.78 is 34.0. The first-order valence-electron chi connectivity index (χ1n) is 5.26. The molecular formula is C9H15NO7S. The van der Waals surface area contributed by atoms with Crippen LogP contribution in [0.1, 0.15) is 6.42 Å². The zero-order valence-electron chi connectivity index (χ0n) is 9.87. The van der Waals surface area contributed by atoms with Gasteiger partial charge in [-0.2, -0.15) is 4.31 Å². The van der Waals surface area contributed by atoms with Gasteiger partial charge in [-0.1, -0.05) is 0 Å². The number of carbonyl (C=O) groups is 2. The molecule has 18 heavy (non-hydrogen) atoms. The molecule has 1 N–H and O–H groups in total. The van der Waals surface area contributed by atoms with E-state index in [1.165, 1.54) is 7.11 Å². The van der Waals surface area contributed by atoms with Crippen molar-refractivity contribution >= 4 is 22.0 Å². The van der Waals surface area contributed by atoms with Gasteiger partial charge in [-0.15, -0.1) is 0 Å². The Kier molecular flexibility index (Phi) is 5.05. The summed E-state index contributed by atoms with van der Waals surface area (Å²) in [6.45, 7) is -0.124. The maximum absolute atomic E-state index is 11.8. The number of carboxylic acids is 1. The highest BCUT2D eigenvalue weighted by Gasteiger charge is 2.33. The molecule has 0 saturated carbocycles. The highest BCUT2D eigenvalue weighted by molar-refractivity contribution is 7.89. The first-order chi connectivity index (χ1) is 8.36. The predicted octanol–water partition coefficient (Wildman–Crippen LogP) is -1.34. The maximum atomic E-state index is 11.8. The Hall–Kier alpha value is -1.19. The minimum Gasteiger partial charge on any atom is -0.479 e. The summed E-state index contributed by atoms with van der Waals surface area (Å²) in [6.07, 6.45) is -1.42. The number of carbonyl (C=O) groups excluding carboxylic acids is 1. The van der Waals surface area contributed by atoms with Crippen LogP contribution in [-0.2, 0) is 29.1 Å². The molecule has 1 rings (SSSR count). The molecule has 1 atom stereocenters. The third kappa shape index (κ3) is 3.93. The largest absolute Gasteiger partial charge is 0.479 e. The van der Waals surface area contributed by atoms with Gasteiger partial charge < -0.3 is 14.6 Å². The van der Waals surface area contributed by atoms with Gasteiger partial charge in [0.15, 0.2) is 6.10 Å². The van der Waals surface area contributed by atoms with Gasteiger partial charge in [0.1, 0.15) is 0 Å². The smallest absolute Gasteiger partial charge is 0.334 e. The number of methoxy groups -OCH3 is 1. The second-order valence-corrected chi connectivity index (χ2v) is 5.79. The Morgan fingerprint density at radius 2 is 2.17 bits per heavy atom. The number of hydrogen-bond donors (Lipinski definition) is 1. The van der Waals surface area contributed by atoms with Gasteiger partial charge in [-0.25, -0.2) is 13.2 Å². The third-order valence-corrected chi connectivity index (χ3v) is 4.33. The minimum absolute atomic E-state index is 0.0222. The molecule has 0 aliphatic carbocycles. The highest BCUT2D eigenvalue weighted by atomic mass is 32.2. The fourth-order valence-electron chi connectivity index (χ4n) is 1.47. The molecule has 0 aromatic heterocycles. The van der Waals surface area contributed by atoms with Gasteiger partial charge in [0.05, 0.1) is 32.4 Å². The Bertz CT molecular complexity index is 419. The van der Waals surface area contributed by atoms with Crippen molar-refractivity contribution in [2.75, 3.05) is 32.6 Å². The average Bonchev–Trinajstić information content (AvgIpc) is 2.36. The van der Waals surface area contributed by atoms with Crippen LogP contribution in [0.15, 0.2) is 0 Å². The molecule has 0 radical (unpaired) electrons. The zero-order chi connectivity index (χ0) is 13.8. The molecule has 1 saturated heterocycles. The first-order valence-corrected chi connectivity index (χ1v) is 6.87. The van der Waals surface area contributed by atoms with E-state index >= 15 is 0 Å². The molecule has 1 heterocycles. The van der Waals surface area contributed by atoms with Gasteiger partial charge >= 0.3 is 11.9 Å². The van der Waals surface area contributed by atoms with Gasteiger partial charge in [-0.05, 0) is 0 Å². The van der Waals surface area contributed by atoms with Crippen LogP contribution in [-0.4, -0.2) is 68.4 Å². The Morgan fingerprint density at radius 1 is 1.50 bits per heavy atom. The van der Waals surface area contributed by atoms with E-state index in [-0.39, 0.29) is 26.1 Å². The van der Waals surface area contributed by atoms with E-state index in [0.717, 1.165) is 4.31 Å². The maximum Gasteiger partial charge on any atom is 0.334 e. The van der Waals surface area contributed by atoms with Crippen molar-refractivity contribution in [1.82, 2.24) is 4.31 Å². The van der Waals surface area contributed by atoms with Crippen LogP contribution in [0.3, 0.4) is 0 Å². The molecule has 1 unspecified atom stereocenters. The molecule has 1 aliphatic rings. The van der Waals surface area contributed by atoms with Gasteiger partial charge in [0.2, 0.25) is 10.0 Å². The Labute approximate surface area is 105 Å². The molecule has 9 heteroatoms. The summed E-state index contributed by atoms with van der Waals surface area (Å²) in [5, 5.41) is 8.76. The molecule has 1 aliphatic heterocycles. The SMILES string of the molecule is COC(=O)CCS(=O)(=O)N1CCOC(C(=O)O)C1. The lowest BCUT2D eigenvalue weighted by molar-refractivity contribution is -0.153. The minimum atomic E-state index is -3.67. The normalized spacial score (nSPS) is 21.5. The molecule has 0 aromatic rings. The molecule has 0 bridgehead atoms. The van der Waals surface area contributed by atoms with E-state index in [1.807, 2.05) is 0 Å². The topological polar surface area (TPSA) is 110 Å². The molecule has 0 spiro atoms. The second kappa shape index (κ2) is 6.12. The Balaban J connectivity index is 2.61. The van der Waals surface area contributed by atoms with Crippen LogP contribution in [0.2, 0.25) is 0 Å². The number of nitrogens with zero attached hydrogens (tertiary/aromatic N) is 1. The first kappa shape index (κ1) is 14.9. The predicted molar refractivity (Wildman–Crippen MR) is 59.4 cm³/mol. The quantitative estimate of drug-likeness (QED) is 0.621. The number of ether oxygens (including phenoxy) is 2. The zero-order valence-corrected chi connectivity index (χ0v) is 10.7. The van der Waals surface area contributed by atoms with Gasteiger partial charge in [0, 0.05) is 6.54 Å². The molecule has 104 valence electrons. The number of rotatable bonds is 5. The molecular weight excluding hydrogens is 266 g/mol. The van der Waals surface area contributed by atoms with Crippen molar-refractivity contribution in [3.8, 4) is 0 Å². The van der Waals surface area contributed by atoms with Gasteiger partial charge in [0.25, 0.3) is 0 Å². The van der Waals surface area contributed by atoms with Crippen LogP contribution in [0.4, 0.5) is 0 Å². The van der Waals surface area contributed by atoms with Crippen LogP contribution >= 0.6 is 0 Å². The number of sulfonamides is 1. The van der Waals surface area contributed by atoms with E-state index in [0.29, 0.717) is 0 Å². The summed E-state index contributed by atoms with van der Waals surface area (Å²) in [5.74, 6) is -2.23. The lowest BCUT2D eigenvalue weighted by Gasteiger charge is -2.29. The number of aliphatic carboxylic acids is 1. The molecule has 0 amide bonds. The van der Waals surface area contributed by atoms with Gasteiger partial charge in [-0.3, -0.25) is 4.79 Å². The fourth-order valence-corrected chi connectivity index (χ4v) is 2.87. The van der Waals surface area contributed by atoms with Crippen molar-refractivity contribution in [3.05, 3.63) is 0 Å². The summed E-state index contributed by atoms with van der Waals surface area (Å²) in [7, 11) is -2.49. The van der Waals surface area contributed by atoms with Crippen LogP contribution in [0, 0.1) is 0 Å². The fraction of sp³-hybridized carbons (Fsp3) is 0.778. The van der Waals surface area contributed by atoms with E-state index < -0.39 is 33.8 Å². The molecule has 8 nitrogen and oxygen atoms in total. The van der Waals surface area contributed by atoms with Crippen molar-refractivity contribution < 1.29 is 32.6 Å². The molecule has 0 aromatic carbocycles. The Morgan fingerprint density at radius 3 is 2.72 bits per heavy atom. The summed E-state index contributed by atoms with van der Waals surface area (Å²) in [5.41, 5.74) is 0. The number of esters is 1. The van der Waals surface area contributed by atoms with E-state index in [9.17, 15) is 18.0 Å². The van der Waals surface area contributed by atoms with E-state index in [2.05, 4.69) is 4.74 Å². The monoisotopic (exact) mass is 281 g/mol. The lowest BCUT2D eigenvalue weighted by Crippen LogP contribution is -2.49.